The first-order valence-corrected chi connectivity index (χ1v) is 6.83. The molecule has 0 radical (unpaired) electrons. The Hall–Kier alpha value is -0.450. The van der Waals surface area contributed by atoms with Gasteiger partial charge in [-0.3, -0.25) is 9.88 Å². The summed E-state index contributed by atoms with van der Waals surface area (Å²) in [6, 6.07) is 2.13. The number of hydrogen-bond donors (Lipinski definition) is 0. The molecular weight excluding hydrogens is 280 g/mol. The molecule has 1 aliphatic heterocycles. The fourth-order valence-electron chi connectivity index (χ4n) is 2.35. The van der Waals surface area contributed by atoms with Crippen molar-refractivity contribution < 1.29 is 4.74 Å². The van der Waals surface area contributed by atoms with Gasteiger partial charge in [-0.25, -0.2) is 0 Å². The van der Waals surface area contributed by atoms with Crippen molar-refractivity contribution in [1.29, 1.82) is 0 Å². The highest BCUT2D eigenvalue weighted by Gasteiger charge is 2.25. The molecule has 1 aliphatic rings. The van der Waals surface area contributed by atoms with E-state index < -0.39 is 0 Å². The van der Waals surface area contributed by atoms with Gasteiger partial charge < -0.3 is 4.74 Å². The Labute approximate surface area is 111 Å². The molecule has 0 amide bonds. The average molecular weight is 299 g/mol. The Balaban J connectivity index is 1.95. The molecule has 2 unspecified atom stereocenters. The summed E-state index contributed by atoms with van der Waals surface area (Å²) in [6.45, 7) is 5.39. The van der Waals surface area contributed by atoms with Crippen LogP contribution in [0.3, 0.4) is 0 Å². The van der Waals surface area contributed by atoms with Crippen molar-refractivity contribution in [3.8, 4) is 0 Å². The van der Waals surface area contributed by atoms with E-state index in [9.17, 15) is 0 Å². The van der Waals surface area contributed by atoms with Gasteiger partial charge in [-0.05, 0) is 46.4 Å². The van der Waals surface area contributed by atoms with Crippen LogP contribution in [0.4, 0.5) is 0 Å². The smallest absolute Gasteiger partial charge is 0.0724 e. The predicted molar refractivity (Wildman–Crippen MR) is 71.8 cm³/mol. The van der Waals surface area contributed by atoms with Gasteiger partial charge in [-0.1, -0.05) is 6.92 Å². The van der Waals surface area contributed by atoms with Crippen LogP contribution in [0.1, 0.15) is 18.9 Å². The lowest BCUT2D eigenvalue weighted by molar-refractivity contribution is -0.00747. The Bertz CT molecular complexity index is 372. The van der Waals surface area contributed by atoms with Crippen molar-refractivity contribution >= 4 is 15.9 Å². The molecule has 0 aromatic carbocycles. The number of ether oxygens (including phenoxy) is 1. The summed E-state index contributed by atoms with van der Waals surface area (Å²) in [6.07, 6.45) is 5.33. The summed E-state index contributed by atoms with van der Waals surface area (Å²) in [5, 5.41) is 0. The van der Waals surface area contributed by atoms with Crippen LogP contribution in [0.25, 0.3) is 0 Å². The molecular formula is C13H19BrN2O. The van der Waals surface area contributed by atoms with Gasteiger partial charge in [0.2, 0.25) is 0 Å². The van der Waals surface area contributed by atoms with Crippen LogP contribution in [-0.2, 0) is 11.3 Å². The van der Waals surface area contributed by atoms with E-state index in [4.69, 9.17) is 4.74 Å². The molecule has 1 aromatic heterocycles. The van der Waals surface area contributed by atoms with E-state index in [1.54, 1.807) is 0 Å². The number of pyridine rings is 1. The van der Waals surface area contributed by atoms with Crippen LogP contribution in [0.2, 0.25) is 0 Å². The van der Waals surface area contributed by atoms with Crippen LogP contribution in [0, 0.1) is 5.92 Å². The summed E-state index contributed by atoms with van der Waals surface area (Å²) in [7, 11) is 1.81. The van der Waals surface area contributed by atoms with Gasteiger partial charge in [-0.2, -0.15) is 0 Å². The second-order valence-corrected chi connectivity index (χ2v) is 5.70. The van der Waals surface area contributed by atoms with E-state index in [-0.39, 0.29) is 0 Å². The third kappa shape index (κ3) is 3.50. The fourth-order valence-corrected chi connectivity index (χ4v) is 2.76. The van der Waals surface area contributed by atoms with E-state index in [0.29, 0.717) is 12.0 Å². The molecule has 1 aromatic rings. The molecule has 2 heterocycles. The molecule has 3 nitrogen and oxygen atoms in total. The molecule has 0 spiro atoms. The van der Waals surface area contributed by atoms with Crippen molar-refractivity contribution in [2.75, 3.05) is 20.2 Å². The molecule has 2 atom stereocenters. The summed E-state index contributed by atoms with van der Waals surface area (Å²) < 4.78 is 6.57. The monoisotopic (exact) mass is 298 g/mol. The van der Waals surface area contributed by atoms with Crippen molar-refractivity contribution in [2.24, 2.45) is 5.92 Å². The maximum Gasteiger partial charge on any atom is 0.0724 e. The minimum Gasteiger partial charge on any atom is -0.380 e. The minimum absolute atomic E-state index is 0.365. The zero-order valence-corrected chi connectivity index (χ0v) is 12.0. The number of methoxy groups -OCH3 is 1. The van der Waals surface area contributed by atoms with Gasteiger partial charge in [0.15, 0.2) is 0 Å². The fraction of sp³-hybridized carbons (Fsp3) is 0.615. The zero-order chi connectivity index (χ0) is 12.3. The molecule has 0 saturated carbocycles. The van der Waals surface area contributed by atoms with Crippen molar-refractivity contribution in [1.82, 2.24) is 9.88 Å². The first kappa shape index (κ1) is 13.0. The number of likely N-dealkylation sites (tertiary alicyclic amines) is 1. The second-order valence-electron chi connectivity index (χ2n) is 4.79. The molecule has 94 valence electrons. The summed E-state index contributed by atoms with van der Waals surface area (Å²) >= 11 is 3.46. The minimum atomic E-state index is 0.365. The van der Waals surface area contributed by atoms with E-state index >= 15 is 0 Å². The first-order chi connectivity index (χ1) is 8.19. The Kier molecular flexibility index (Phi) is 4.54. The topological polar surface area (TPSA) is 25.4 Å². The van der Waals surface area contributed by atoms with Gasteiger partial charge in [0.05, 0.1) is 6.10 Å². The molecule has 17 heavy (non-hydrogen) atoms. The summed E-state index contributed by atoms with van der Waals surface area (Å²) in [5.41, 5.74) is 1.25. The Morgan fingerprint density at radius 1 is 1.53 bits per heavy atom. The molecule has 0 aliphatic carbocycles. The van der Waals surface area contributed by atoms with Crippen LogP contribution in [-0.4, -0.2) is 36.2 Å². The SMILES string of the molecule is COC1CN(Cc2cncc(Br)c2)CCC1C. The van der Waals surface area contributed by atoms with Crippen LogP contribution in [0.5, 0.6) is 0 Å². The Morgan fingerprint density at radius 3 is 3.06 bits per heavy atom. The lowest BCUT2D eigenvalue weighted by atomic mass is 9.95. The van der Waals surface area contributed by atoms with Crippen molar-refractivity contribution in [2.45, 2.75) is 26.0 Å². The van der Waals surface area contributed by atoms with Gasteiger partial charge in [-0.15, -0.1) is 0 Å². The molecule has 0 bridgehead atoms. The highest BCUT2D eigenvalue weighted by molar-refractivity contribution is 9.10. The largest absolute Gasteiger partial charge is 0.380 e. The zero-order valence-electron chi connectivity index (χ0n) is 10.4. The van der Waals surface area contributed by atoms with Gasteiger partial charge in [0, 0.05) is 37.1 Å². The number of halogens is 1. The quantitative estimate of drug-likeness (QED) is 0.858. The summed E-state index contributed by atoms with van der Waals surface area (Å²) in [4.78, 5) is 6.64. The second kappa shape index (κ2) is 5.94. The average Bonchev–Trinajstić information content (AvgIpc) is 2.32. The number of nitrogens with zero attached hydrogens (tertiary/aromatic N) is 2. The Morgan fingerprint density at radius 2 is 2.35 bits per heavy atom. The van der Waals surface area contributed by atoms with Crippen molar-refractivity contribution in [3.63, 3.8) is 0 Å². The van der Waals surface area contributed by atoms with E-state index in [1.165, 1.54) is 12.0 Å². The summed E-state index contributed by atoms with van der Waals surface area (Å²) in [5.74, 6) is 0.664. The number of aromatic nitrogens is 1. The van der Waals surface area contributed by atoms with E-state index in [1.807, 2.05) is 19.5 Å². The predicted octanol–water partition coefficient (Wildman–Crippen LogP) is 2.70. The van der Waals surface area contributed by atoms with Gasteiger partial charge >= 0.3 is 0 Å². The molecule has 4 heteroatoms. The van der Waals surface area contributed by atoms with Crippen molar-refractivity contribution in [3.05, 3.63) is 28.5 Å². The maximum absolute atomic E-state index is 5.53. The third-order valence-corrected chi connectivity index (χ3v) is 3.88. The third-order valence-electron chi connectivity index (χ3n) is 3.44. The standard InChI is InChI=1S/C13H19BrN2O/c1-10-3-4-16(9-13(10)17-2)8-11-5-12(14)7-15-6-11/h5-7,10,13H,3-4,8-9H2,1-2H3. The van der Waals surface area contributed by atoms with E-state index in [0.717, 1.165) is 24.1 Å². The number of piperidine rings is 1. The lowest BCUT2D eigenvalue weighted by Gasteiger charge is -2.36. The molecule has 1 saturated heterocycles. The van der Waals surface area contributed by atoms with E-state index in [2.05, 4.69) is 38.8 Å². The maximum atomic E-state index is 5.53. The van der Waals surface area contributed by atoms with Crippen LogP contribution >= 0.6 is 15.9 Å². The number of hydrogen-bond acceptors (Lipinski definition) is 3. The number of rotatable bonds is 3. The van der Waals surface area contributed by atoms with Crippen LogP contribution < -0.4 is 0 Å². The normalized spacial score (nSPS) is 26.1. The first-order valence-electron chi connectivity index (χ1n) is 6.03. The van der Waals surface area contributed by atoms with Gasteiger partial charge in [0.1, 0.15) is 0 Å². The molecule has 0 N–H and O–H groups in total. The highest BCUT2D eigenvalue weighted by Crippen LogP contribution is 2.21. The molecule has 1 fully saturated rings. The highest BCUT2D eigenvalue weighted by atomic mass is 79.9. The van der Waals surface area contributed by atoms with Gasteiger partial charge in [0.25, 0.3) is 0 Å². The van der Waals surface area contributed by atoms with Crippen LogP contribution in [0.15, 0.2) is 22.9 Å². The molecule has 2 rings (SSSR count). The lowest BCUT2D eigenvalue weighted by Crippen LogP contribution is -2.43.